The van der Waals surface area contributed by atoms with Crippen molar-refractivity contribution in [3.8, 4) is 0 Å². The molecule has 1 fully saturated rings. The van der Waals surface area contributed by atoms with E-state index in [4.69, 9.17) is 4.98 Å². The first-order valence-electron chi connectivity index (χ1n) is 8.99. The van der Waals surface area contributed by atoms with E-state index in [1.54, 1.807) is 0 Å². The predicted molar refractivity (Wildman–Crippen MR) is 108 cm³/mol. The van der Waals surface area contributed by atoms with Crippen LogP contribution in [0.5, 0.6) is 0 Å². The van der Waals surface area contributed by atoms with Crippen LogP contribution in [0.15, 0.2) is 42.6 Å². The van der Waals surface area contributed by atoms with Gasteiger partial charge in [0.15, 0.2) is 5.82 Å². The van der Waals surface area contributed by atoms with Crippen LogP contribution < -0.4 is 4.90 Å². The third kappa shape index (κ3) is 3.25. The van der Waals surface area contributed by atoms with Gasteiger partial charge >= 0.3 is 0 Å². The number of aryl methyl sites for hydroxylation is 1. The van der Waals surface area contributed by atoms with E-state index in [1.165, 1.54) is 52.8 Å². The van der Waals surface area contributed by atoms with Gasteiger partial charge in [0.1, 0.15) is 0 Å². The highest BCUT2D eigenvalue weighted by Crippen LogP contribution is 2.33. The minimum atomic E-state index is 0. The van der Waals surface area contributed by atoms with Crippen molar-refractivity contribution in [2.75, 3.05) is 18.0 Å². The maximum atomic E-state index is 4.79. The molecule has 0 spiro atoms. The minimum absolute atomic E-state index is 0. The molecule has 1 aromatic carbocycles. The van der Waals surface area contributed by atoms with E-state index in [0.717, 1.165) is 19.6 Å². The van der Waals surface area contributed by atoms with Crippen molar-refractivity contribution in [1.82, 2.24) is 9.55 Å². The smallest absolute Gasteiger partial charge is 0.153 e. The van der Waals surface area contributed by atoms with Crippen molar-refractivity contribution in [3.63, 3.8) is 0 Å². The standard InChI is InChI=1S/C21H25N3.ClH/c1-16-17(2)24(15-18-9-5-3-6-10-18)20-19(16)11-12-22-21(20)23-13-7-4-8-14-23;/h3,5-6,9-12H,4,7-8,13-15H2,1-2H3;1H. The average molecular weight is 356 g/mol. The molecule has 4 heteroatoms. The fourth-order valence-electron chi connectivity index (χ4n) is 3.88. The van der Waals surface area contributed by atoms with Gasteiger partial charge in [-0.3, -0.25) is 0 Å². The van der Waals surface area contributed by atoms with E-state index < -0.39 is 0 Å². The van der Waals surface area contributed by atoms with E-state index >= 15 is 0 Å². The molecule has 132 valence electrons. The molecule has 0 aliphatic carbocycles. The molecule has 25 heavy (non-hydrogen) atoms. The van der Waals surface area contributed by atoms with E-state index in [0.29, 0.717) is 0 Å². The van der Waals surface area contributed by atoms with E-state index in [-0.39, 0.29) is 12.4 Å². The van der Waals surface area contributed by atoms with Gasteiger partial charge in [-0.15, -0.1) is 12.4 Å². The second-order valence-corrected chi connectivity index (χ2v) is 6.86. The molecule has 0 N–H and O–H groups in total. The van der Waals surface area contributed by atoms with Gasteiger partial charge in [-0.1, -0.05) is 30.3 Å². The zero-order valence-electron chi connectivity index (χ0n) is 15.0. The lowest BCUT2D eigenvalue weighted by Crippen LogP contribution is -2.30. The number of hydrogen-bond donors (Lipinski definition) is 0. The van der Waals surface area contributed by atoms with Gasteiger partial charge in [-0.25, -0.2) is 4.98 Å². The highest BCUT2D eigenvalue weighted by atomic mass is 35.5. The largest absolute Gasteiger partial charge is 0.355 e. The maximum Gasteiger partial charge on any atom is 0.153 e. The molecular weight excluding hydrogens is 330 g/mol. The van der Waals surface area contributed by atoms with Crippen molar-refractivity contribution in [3.05, 3.63) is 59.4 Å². The summed E-state index contributed by atoms with van der Waals surface area (Å²) in [5.41, 5.74) is 5.37. The highest BCUT2D eigenvalue weighted by molar-refractivity contribution is 5.93. The minimum Gasteiger partial charge on any atom is -0.355 e. The SMILES string of the molecule is Cc1c(C)n(Cc2ccccc2)c2c(N3CCCCC3)nccc12.Cl. The zero-order valence-corrected chi connectivity index (χ0v) is 15.9. The maximum absolute atomic E-state index is 4.79. The molecule has 3 heterocycles. The molecule has 0 unspecified atom stereocenters. The predicted octanol–water partition coefficient (Wildman–Crippen LogP) is 5.11. The van der Waals surface area contributed by atoms with Crippen LogP contribution in [-0.4, -0.2) is 22.6 Å². The van der Waals surface area contributed by atoms with Gasteiger partial charge in [-0.2, -0.15) is 0 Å². The highest BCUT2D eigenvalue weighted by Gasteiger charge is 2.20. The van der Waals surface area contributed by atoms with Crippen molar-refractivity contribution < 1.29 is 0 Å². The monoisotopic (exact) mass is 355 g/mol. The fourth-order valence-corrected chi connectivity index (χ4v) is 3.88. The molecule has 0 saturated carbocycles. The van der Waals surface area contributed by atoms with Gasteiger partial charge in [0.25, 0.3) is 0 Å². The van der Waals surface area contributed by atoms with Crippen LogP contribution in [0.2, 0.25) is 0 Å². The first-order chi connectivity index (χ1) is 11.8. The van der Waals surface area contributed by atoms with Crippen molar-refractivity contribution in [2.24, 2.45) is 0 Å². The zero-order chi connectivity index (χ0) is 16.5. The molecule has 0 amide bonds. The number of piperidine rings is 1. The summed E-state index contributed by atoms with van der Waals surface area (Å²) in [5, 5.41) is 1.35. The summed E-state index contributed by atoms with van der Waals surface area (Å²) in [4.78, 5) is 7.27. The quantitative estimate of drug-likeness (QED) is 0.650. The number of fused-ring (bicyclic) bond motifs is 1. The van der Waals surface area contributed by atoms with Gasteiger partial charge < -0.3 is 9.47 Å². The Balaban J connectivity index is 0.00000182. The number of anilines is 1. The summed E-state index contributed by atoms with van der Waals surface area (Å²) in [5.74, 6) is 1.17. The van der Waals surface area contributed by atoms with Crippen LogP contribution in [0.25, 0.3) is 10.9 Å². The molecular formula is C21H26ClN3. The van der Waals surface area contributed by atoms with Crippen LogP contribution in [0.4, 0.5) is 5.82 Å². The summed E-state index contributed by atoms with van der Waals surface area (Å²) >= 11 is 0. The third-order valence-electron chi connectivity index (χ3n) is 5.37. The molecule has 1 aliphatic rings. The summed E-state index contributed by atoms with van der Waals surface area (Å²) in [6.45, 7) is 7.63. The Morgan fingerprint density at radius 1 is 0.960 bits per heavy atom. The van der Waals surface area contributed by atoms with Crippen molar-refractivity contribution >= 4 is 29.1 Å². The molecule has 0 bridgehead atoms. The van der Waals surface area contributed by atoms with Crippen LogP contribution in [0, 0.1) is 13.8 Å². The number of benzene rings is 1. The number of rotatable bonds is 3. The average Bonchev–Trinajstić information content (AvgIpc) is 2.88. The van der Waals surface area contributed by atoms with Crippen molar-refractivity contribution in [2.45, 2.75) is 39.7 Å². The second kappa shape index (κ2) is 7.49. The Morgan fingerprint density at radius 2 is 1.68 bits per heavy atom. The first-order valence-corrected chi connectivity index (χ1v) is 8.99. The lowest BCUT2D eigenvalue weighted by Gasteiger charge is -2.28. The van der Waals surface area contributed by atoms with Crippen molar-refractivity contribution in [1.29, 1.82) is 0 Å². The number of aromatic nitrogens is 2. The van der Waals surface area contributed by atoms with E-state index in [9.17, 15) is 0 Å². The number of pyridine rings is 1. The van der Waals surface area contributed by atoms with Crippen LogP contribution >= 0.6 is 12.4 Å². The Morgan fingerprint density at radius 3 is 2.40 bits per heavy atom. The lowest BCUT2D eigenvalue weighted by molar-refractivity contribution is 0.574. The number of halogens is 1. The summed E-state index contributed by atoms with van der Waals surface area (Å²) in [6, 6.07) is 12.9. The van der Waals surface area contributed by atoms with Gasteiger partial charge in [0.05, 0.1) is 5.52 Å². The molecule has 4 rings (SSSR count). The van der Waals surface area contributed by atoms with Crippen LogP contribution in [-0.2, 0) is 6.54 Å². The summed E-state index contributed by atoms with van der Waals surface area (Å²) in [6.07, 6.45) is 5.87. The number of nitrogens with zero attached hydrogens (tertiary/aromatic N) is 3. The second-order valence-electron chi connectivity index (χ2n) is 6.86. The Labute approximate surface area is 156 Å². The molecule has 1 saturated heterocycles. The Bertz CT molecular complexity index is 848. The topological polar surface area (TPSA) is 21.1 Å². The lowest BCUT2D eigenvalue weighted by atomic mass is 10.1. The summed E-state index contributed by atoms with van der Waals surface area (Å²) < 4.78 is 2.46. The van der Waals surface area contributed by atoms with Crippen LogP contribution in [0.3, 0.4) is 0 Å². The molecule has 2 aromatic heterocycles. The Hall–Kier alpha value is -2.00. The van der Waals surface area contributed by atoms with Gasteiger partial charge in [0, 0.05) is 36.9 Å². The summed E-state index contributed by atoms with van der Waals surface area (Å²) in [7, 11) is 0. The van der Waals surface area contributed by atoms with Crippen LogP contribution in [0.1, 0.15) is 36.1 Å². The molecule has 3 nitrogen and oxygen atoms in total. The third-order valence-corrected chi connectivity index (χ3v) is 5.37. The van der Waals surface area contributed by atoms with Gasteiger partial charge in [0.2, 0.25) is 0 Å². The molecule has 3 aromatic rings. The normalized spacial score (nSPS) is 14.6. The van der Waals surface area contributed by atoms with E-state index in [2.05, 4.69) is 59.7 Å². The molecule has 0 atom stereocenters. The molecule has 0 radical (unpaired) electrons. The Kier molecular flexibility index (Phi) is 5.33. The molecule has 1 aliphatic heterocycles. The van der Waals surface area contributed by atoms with Gasteiger partial charge in [-0.05, 0) is 50.3 Å². The first kappa shape index (κ1) is 17.8. The number of hydrogen-bond acceptors (Lipinski definition) is 2. The van der Waals surface area contributed by atoms with E-state index in [1.807, 2.05) is 6.20 Å². The fraction of sp³-hybridized carbons (Fsp3) is 0.381.